The minimum absolute atomic E-state index is 0.204. The molecule has 3 N–H and O–H groups in total. The number of nitrogen functional groups attached to an aromatic ring is 1. The standard InChI is InChI=1S/C13H15N3O2S/c1-8-7-19-12(16-8)6-15-13(17)10-4-3-9(14)5-11(10)18-2/h3-5,7H,6,14H2,1-2H3,(H,15,17). The summed E-state index contributed by atoms with van der Waals surface area (Å²) in [4.78, 5) is 16.3. The van der Waals surface area contributed by atoms with Crippen LogP contribution < -0.4 is 15.8 Å². The van der Waals surface area contributed by atoms with Crippen LogP contribution in [-0.2, 0) is 6.54 Å². The van der Waals surface area contributed by atoms with Crippen LogP contribution in [0.4, 0.5) is 5.69 Å². The Morgan fingerprint density at radius 2 is 2.32 bits per heavy atom. The molecule has 5 nitrogen and oxygen atoms in total. The van der Waals surface area contributed by atoms with Gasteiger partial charge in [-0.15, -0.1) is 11.3 Å². The van der Waals surface area contributed by atoms with Gasteiger partial charge in [-0.05, 0) is 19.1 Å². The molecule has 0 saturated carbocycles. The lowest BCUT2D eigenvalue weighted by molar-refractivity contribution is 0.0948. The summed E-state index contributed by atoms with van der Waals surface area (Å²) in [5.41, 5.74) is 7.63. The van der Waals surface area contributed by atoms with Crippen LogP contribution in [0.25, 0.3) is 0 Å². The van der Waals surface area contributed by atoms with Crippen molar-refractivity contribution in [2.45, 2.75) is 13.5 Å². The highest BCUT2D eigenvalue weighted by Gasteiger charge is 2.12. The maximum atomic E-state index is 12.1. The number of ether oxygens (including phenoxy) is 1. The van der Waals surface area contributed by atoms with E-state index in [4.69, 9.17) is 10.5 Å². The van der Waals surface area contributed by atoms with Gasteiger partial charge in [0.05, 0.1) is 19.2 Å². The lowest BCUT2D eigenvalue weighted by Gasteiger charge is -2.09. The van der Waals surface area contributed by atoms with Crippen LogP contribution in [0.15, 0.2) is 23.6 Å². The van der Waals surface area contributed by atoms with Crippen molar-refractivity contribution in [2.75, 3.05) is 12.8 Å². The number of thiazole rings is 1. The molecule has 0 unspecified atom stereocenters. The summed E-state index contributed by atoms with van der Waals surface area (Å²) < 4.78 is 5.15. The van der Waals surface area contributed by atoms with E-state index in [0.717, 1.165) is 10.7 Å². The van der Waals surface area contributed by atoms with Gasteiger partial charge >= 0.3 is 0 Å². The highest BCUT2D eigenvalue weighted by molar-refractivity contribution is 7.09. The molecule has 0 atom stereocenters. The minimum Gasteiger partial charge on any atom is -0.496 e. The minimum atomic E-state index is -0.204. The first kappa shape index (κ1) is 13.4. The van der Waals surface area contributed by atoms with Gasteiger partial charge in [0.2, 0.25) is 0 Å². The SMILES string of the molecule is COc1cc(N)ccc1C(=O)NCc1nc(C)cs1. The Balaban J connectivity index is 2.07. The molecule has 0 aliphatic heterocycles. The van der Waals surface area contributed by atoms with Crippen LogP contribution in [-0.4, -0.2) is 18.0 Å². The van der Waals surface area contributed by atoms with E-state index in [2.05, 4.69) is 10.3 Å². The Morgan fingerprint density at radius 1 is 1.53 bits per heavy atom. The van der Waals surface area contributed by atoms with Crippen LogP contribution in [0.2, 0.25) is 0 Å². The third-order valence-electron chi connectivity index (χ3n) is 2.54. The highest BCUT2D eigenvalue weighted by atomic mass is 32.1. The lowest BCUT2D eigenvalue weighted by Crippen LogP contribution is -2.23. The number of aryl methyl sites for hydroxylation is 1. The number of anilines is 1. The van der Waals surface area contributed by atoms with Crippen LogP contribution in [0.1, 0.15) is 21.1 Å². The average Bonchev–Trinajstić information content (AvgIpc) is 2.81. The first-order valence-corrected chi connectivity index (χ1v) is 6.61. The molecule has 0 aliphatic carbocycles. The first-order valence-electron chi connectivity index (χ1n) is 5.73. The fourth-order valence-electron chi connectivity index (χ4n) is 1.63. The summed E-state index contributed by atoms with van der Waals surface area (Å²) in [5, 5.41) is 5.64. The van der Waals surface area contributed by atoms with Gasteiger partial charge in [0, 0.05) is 22.8 Å². The fourth-order valence-corrected chi connectivity index (χ4v) is 2.34. The molecule has 19 heavy (non-hydrogen) atoms. The Bertz CT molecular complexity index is 595. The van der Waals surface area contributed by atoms with E-state index >= 15 is 0 Å². The van der Waals surface area contributed by atoms with Gasteiger partial charge < -0.3 is 15.8 Å². The molecular formula is C13H15N3O2S. The van der Waals surface area contributed by atoms with Gasteiger partial charge in [0.25, 0.3) is 5.91 Å². The highest BCUT2D eigenvalue weighted by Crippen LogP contribution is 2.21. The van der Waals surface area contributed by atoms with Gasteiger partial charge in [-0.1, -0.05) is 0 Å². The van der Waals surface area contributed by atoms with Crippen molar-refractivity contribution in [3.8, 4) is 5.75 Å². The Morgan fingerprint density at radius 3 is 2.95 bits per heavy atom. The monoisotopic (exact) mass is 277 g/mol. The second-order valence-corrected chi connectivity index (χ2v) is 4.97. The molecule has 1 heterocycles. The maximum absolute atomic E-state index is 12.1. The molecule has 0 radical (unpaired) electrons. The number of benzene rings is 1. The number of hydrogen-bond acceptors (Lipinski definition) is 5. The lowest BCUT2D eigenvalue weighted by atomic mass is 10.1. The topological polar surface area (TPSA) is 77.2 Å². The number of rotatable bonds is 4. The molecule has 0 saturated heterocycles. The molecule has 0 spiro atoms. The predicted molar refractivity (Wildman–Crippen MR) is 75.4 cm³/mol. The Kier molecular flexibility index (Phi) is 4.01. The van der Waals surface area contributed by atoms with Crippen molar-refractivity contribution >= 4 is 22.9 Å². The first-order chi connectivity index (χ1) is 9.10. The van der Waals surface area contributed by atoms with Crippen LogP contribution in [0.3, 0.4) is 0 Å². The number of methoxy groups -OCH3 is 1. The van der Waals surface area contributed by atoms with Gasteiger partial charge in [-0.3, -0.25) is 4.79 Å². The van der Waals surface area contributed by atoms with E-state index in [-0.39, 0.29) is 5.91 Å². The number of nitrogens with two attached hydrogens (primary N) is 1. The van der Waals surface area contributed by atoms with E-state index < -0.39 is 0 Å². The molecule has 0 aliphatic rings. The predicted octanol–water partition coefficient (Wildman–Crippen LogP) is 1.97. The molecule has 6 heteroatoms. The number of carbonyl (C=O) groups is 1. The summed E-state index contributed by atoms with van der Waals surface area (Å²) in [6, 6.07) is 4.95. The van der Waals surface area contributed by atoms with Crippen LogP contribution in [0.5, 0.6) is 5.75 Å². The maximum Gasteiger partial charge on any atom is 0.255 e. The smallest absolute Gasteiger partial charge is 0.255 e. The summed E-state index contributed by atoms with van der Waals surface area (Å²) in [7, 11) is 1.51. The number of aromatic nitrogens is 1. The van der Waals surface area contributed by atoms with E-state index in [9.17, 15) is 4.79 Å². The van der Waals surface area contributed by atoms with Gasteiger partial charge in [-0.25, -0.2) is 4.98 Å². The van der Waals surface area contributed by atoms with E-state index in [0.29, 0.717) is 23.5 Å². The van der Waals surface area contributed by atoms with Gasteiger partial charge in [0.1, 0.15) is 10.8 Å². The van der Waals surface area contributed by atoms with Crippen molar-refractivity contribution in [2.24, 2.45) is 0 Å². The molecule has 0 bridgehead atoms. The zero-order chi connectivity index (χ0) is 13.8. The fraction of sp³-hybridized carbons (Fsp3) is 0.231. The second-order valence-electron chi connectivity index (χ2n) is 4.03. The summed E-state index contributed by atoms with van der Waals surface area (Å²) in [6.45, 7) is 2.33. The van der Waals surface area contributed by atoms with Crippen LogP contribution in [0, 0.1) is 6.92 Å². The van der Waals surface area contributed by atoms with E-state index in [1.165, 1.54) is 18.4 Å². The van der Waals surface area contributed by atoms with Gasteiger partial charge in [0.15, 0.2) is 0 Å². The molecule has 100 valence electrons. The Labute approximate surface area is 115 Å². The van der Waals surface area contributed by atoms with Crippen molar-refractivity contribution in [1.29, 1.82) is 0 Å². The molecule has 1 aromatic heterocycles. The number of carbonyl (C=O) groups excluding carboxylic acids is 1. The third kappa shape index (κ3) is 3.23. The molecular weight excluding hydrogens is 262 g/mol. The van der Waals surface area contributed by atoms with Crippen molar-refractivity contribution in [3.63, 3.8) is 0 Å². The second kappa shape index (κ2) is 5.71. The van der Waals surface area contributed by atoms with E-state index in [1.54, 1.807) is 18.2 Å². The van der Waals surface area contributed by atoms with Crippen LogP contribution >= 0.6 is 11.3 Å². The van der Waals surface area contributed by atoms with Crippen molar-refractivity contribution in [3.05, 3.63) is 39.8 Å². The van der Waals surface area contributed by atoms with E-state index in [1.807, 2.05) is 12.3 Å². The number of amides is 1. The molecule has 1 amide bonds. The largest absolute Gasteiger partial charge is 0.496 e. The summed E-state index contributed by atoms with van der Waals surface area (Å²) in [6.07, 6.45) is 0. The summed E-state index contributed by atoms with van der Waals surface area (Å²) in [5.74, 6) is 0.262. The quantitative estimate of drug-likeness (QED) is 0.838. The molecule has 2 rings (SSSR count). The number of nitrogens with zero attached hydrogens (tertiary/aromatic N) is 1. The molecule has 2 aromatic rings. The van der Waals surface area contributed by atoms with Gasteiger partial charge in [-0.2, -0.15) is 0 Å². The van der Waals surface area contributed by atoms with Crippen molar-refractivity contribution in [1.82, 2.24) is 10.3 Å². The van der Waals surface area contributed by atoms with Crippen molar-refractivity contribution < 1.29 is 9.53 Å². The normalized spacial score (nSPS) is 10.2. The average molecular weight is 277 g/mol. The molecule has 0 fully saturated rings. The zero-order valence-corrected chi connectivity index (χ0v) is 11.6. The zero-order valence-electron chi connectivity index (χ0n) is 10.8. The number of hydrogen-bond donors (Lipinski definition) is 2. The number of nitrogens with one attached hydrogen (secondary N) is 1. The Hall–Kier alpha value is -2.08. The third-order valence-corrected chi connectivity index (χ3v) is 3.50. The molecule has 1 aromatic carbocycles. The summed E-state index contributed by atoms with van der Waals surface area (Å²) >= 11 is 1.52.